The highest BCUT2D eigenvalue weighted by Gasteiger charge is 2.33. The van der Waals surface area contributed by atoms with Crippen LogP contribution in [0.1, 0.15) is 24.5 Å². The zero-order chi connectivity index (χ0) is 15.5. The average Bonchev–Trinajstić information content (AvgIpc) is 2.88. The molecule has 1 aromatic rings. The highest BCUT2D eigenvalue weighted by molar-refractivity contribution is 6.04. The molecule has 2 fully saturated rings. The molecule has 0 saturated carbocycles. The van der Waals surface area contributed by atoms with Crippen LogP contribution in [-0.4, -0.2) is 53.8 Å². The van der Waals surface area contributed by atoms with Crippen molar-refractivity contribution in [3.05, 3.63) is 35.9 Å². The van der Waals surface area contributed by atoms with Crippen LogP contribution in [0.4, 0.5) is 0 Å². The second-order valence-corrected chi connectivity index (χ2v) is 5.48. The minimum Gasteiger partial charge on any atom is -0.370 e. The van der Waals surface area contributed by atoms with E-state index in [1.807, 2.05) is 30.3 Å². The Bertz CT molecular complexity index is 571. The zero-order valence-electron chi connectivity index (χ0n) is 12.2. The van der Waals surface area contributed by atoms with Gasteiger partial charge in [0.25, 0.3) is 0 Å². The number of likely N-dealkylation sites (tertiary alicyclic amines) is 1. The fourth-order valence-corrected chi connectivity index (χ4v) is 2.78. The van der Waals surface area contributed by atoms with Crippen LogP contribution in [0.3, 0.4) is 0 Å². The fraction of sp³-hybridized carbons (Fsp3) is 0.438. The van der Waals surface area contributed by atoms with Gasteiger partial charge in [0.1, 0.15) is 12.6 Å². The Labute approximate surface area is 128 Å². The molecule has 0 radical (unpaired) electrons. The van der Waals surface area contributed by atoms with Crippen molar-refractivity contribution in [2.45, 2.75) is 18.9 Å². The topological polar surface area (TPSA) is 66.9 Å². The summed E-state index contributed by atoms with van der Waals surface area (Å²) < 4.78 is 5.72. The predicted octanol–water partition coefficient (Wildman–Crippen LogP) is 0.735. The average molecular weight is 302 g/mol. The van der Waals surface area contributed by atoms with Gasteiger partial charge in [-0.1, -0.05) is 30.3 Å². The van der Waals surface area contributed by atoms with Crippen molar-refractivity contribution in [1.29, 1.82) is 0 Å². The molecule has 116 valence electrons. The minimum absolute atomic E-state index is 0.154. The van der Waals surface area contributed by atoms with Crippen LogP contribution in [-0.2, 0) is 19.1 Å². The van der Waals surface area contributed by atoms with E-state index in [9.17, 15) is 14.4 Å². The lowest BCUT2D eigenvalue weighted by molar-refractivity contribution is -0.148. The van der Waals surface area contributed by atoms with Crippen molar-refractivity contribution in [3.63, 3.8) is 0 Å². The molecule has 0 spiro atoms. The van der Waals surface area contributed by atoms with Crippen LogP contribution < -0.4 is 0 Å². The number of morpholine rings is 1. The molecule has 0 aromatic heterocycles. The summed E-state index contributed by atoms with van der Waals surface area (Å²) in [5.41, 5.74) is 1.02. The first-order valence-electron chi connectivity index (χ1n) is 7.42. The molecule has 6 heteroatoms. The SMILES string of the molecule is O=C(CN1C(=O)CCC1=O)N1CCOC(c2ccccc2)C1. The van der Waals surface area contributed by atoms with E-state index in [0.717, 1.165) is 10.5 Å². The summed E-state index contributed by atoms with van der Waals surface area (Å²) in [7, 11) is 0. The van der Waals surface area contributed by atoms with Gasteiger partial charge in [0.15, 0.2) is 0 Å². The molecule has 1 aromatic carbocycles. The van der Waals surface area contributed by atoms with Gasteiger partial charge in [-0.2, -0.15) is 0 Å². The number of hydrogen-bond acceptors (Lipinski definition) is 4. The van der Waals surface area contributed by atoms with Crippen molar-refractivity contribution in [2.24, 2.45) is 0 Å². The van der Waals surface area contributed by atoms with E-state index in [1.165, 1.54) is 0 Å². The Morgan fingerprint density at radius 2 is 1.82 bits per heavy atom. The summed E-state index contributed by atoms with van der Waals surface area (Å²) in [5.74, 6) is -0.717. The number of hydrogen-bond donors (Lipinski definition) is 0. The Balaban J connectivity index is 1.63. The molecular weight excluding hydrogens is 284 g/mol. The van der Waals surface area contributed by atoms with Gasteiger partial charge in [0, 0.05) is 19.4 Å². The molecule has 6 nitrogen and oxygen atoms in total. The van der Waals surface area contributed by atoms with Gasteiger partial charge in [-0.05, 0) is 5.56 Å². The Morgan fingerprint density at radius 1 is 1.14 bits per heavy atom. The number of imide groups is 1. The van der Waals surface area contributed by atoms with E-state index in [-0.39, 0.29) is 43.2 Å². The molecular formula is C16H18N2O4. The molecule has 2 aliphatic rings. The van der Waals surface area contributed by atoms with Gasteiger partial charge in [-0.3, -0.25) is 19.3 Å². The molecule has 2 saturated heterocycles. The highest BCUT2D eigenvalue weighted by Crippen LogP contribution is 2.22. The Morgan fingerprint density at radius 3 is 2.50 bits per heavy atom. The fourth-order valence-electron chi connectivity index (χ4n) is 2.78. The van der Waals surface area contributed by atoms with Crippen molar-refractivity contribution in [3.8, 4) is 0 Å². The largest absolute Gasteiger partial charge is 0.370 e. The number of amides is 3. The van der Waals surface area contributed by atoms with Gasteiger partial charge in [0.05, 0.1) is 13.2 Å². The monoisotopic (exact) mass is 302 g/mol. The summed E-state index contributed by atoms with van der Waals surface area (Å²) in [6.45, 7) is 1.23. The van der Waals surface area contributed by atoms with Gasteiger partial charge < -0.3 is 9.64 Å². The summed E-state index contributed by atoms with van der Waals surface area (Å²) in [6.07, 6.45) is 0.257. The van der Waals surface area contributed by atoms with E-state index in [0.29, 0.717) is 19.7 Å². The van der Waals surface area contributed by atoms with E-state index in [4.69, 9.17) is 4.74 Å². The van der Waals surface area contributed by atoms with E-state index >= 15 is 0 Å². The van der Waals surface area contributed by atoms with Crippen molar-refractivity contribution >= 4 is 17.7 Å². The normalized spacial score (nSPS) is 22.3. The van der Waals surface area contributed by atoms with Gasteiger partial charge in [-0.15, -0.1) is 0 Å². The van der Waals surface area contributed by atoms with Crippen molar-refractivity contribution < 1.29 is 19.1 Å². The van der Waals surface area contributed by atoms with E-state index < -0.39 is 0 Å². The molecule has 1 atom stereocenters. The summed E-state index contributed by atoms with van der Waals surface area (Å²) in [4.78, 5) is 38.3. The highest BCUT2D eigenvalue weighted by atomic mass is 16.5. The lowest BCUT2D eigenvalue weighted by atomic mass is 10.1. The maximum absolute atomic E-state index is 12.3. The number of carbonyl (C=O) groups is 3. The lowest BCUT2D eigenvalue weighted by Crippen LogP contribution is -2.47. The smallest absolute Gasteiger partial charge is 0.242 e. The van der Waals surface area contributed by atoms with Gasteiger partial charge >= 0.3 is 0 Å². The summed E-state index contributed by atoms with van der Waals surface area (Å²) in [5, 5.41) is 0. The van der Waals surface area contributed by atoms with Crippen LogP contribution in [0.15, 0.2) is 30.3 Å². The maximum Gasteiger partial charge on any atom is 0.242 e. The van der Waals surface area contributed by atoms with Crippen molar-refractivity contribution in [1.82, 2.24) is 9.80 Å². The molecule has 2 aliphatic heterocycles. The van der Waals surface area contributed by atoms with Crippen LogP contribution in [0.25, 0.3) is 0 Å². The van der Waals surface area contributed by atoms with Crippen molar-refractivity contribution in [2.75, 3.05) is 26.2 Å². The summed E-state index contributed by atoms with van der Waals surface area (Å²) >= 11 is 0. The number of ether oxygens (including phenoxy) is 1. The Kier molecular flexibility index (Phi) is 4.20. The van der Waals surface area contributed by atoms with E-state index in [1.54, 1.807) is 4.90 Å². The second kappa shape index (κ2) is 6.27. The van der Waals surface area contributed by atoms with Crippen LogP contribution in [0.2, 0.25) is 0 Å². The number of nitrogens with zero attached hydrogens (tertiary/aromatic N) is 2. The van der Waals surface area contributed by atoms with Crippen LogP contribution in [0, 0.1) is 0 Å². The molecule has 3 rings (SSSR count). The number of carbonyl (C=O) groups excluding carboxylic acids is 3. The molecule has 1 unspecified atom stereocenters. The zero-order valence-corrected chi connectivity index (χ0v) is 12.2. The first kappa shape index (κ1) is 14.7. The van der Waals surface area contributed by atoms with Gasteiger partial charge in [0.2, 0.25) is 17.7 Å². The minimum atomic E-state index is -0.258. The molecule has 0 bridgehead atoms. The third kappa shape index (κ3) is 3.01. The number of rotatable bonds is 3. The van der Waals surface area contributed by atoms with Gasteiger partial charge in [-0.25, -0.2) is 0 Å². The third-order valence-electron chi connectivity index (χ3n) is 4.04. The lowest BCUT2D eigenvalue weighted by Gasteiger charge is -2.34. The molecule has 0 N–H and O–H groups in total. The quantitative estimate of drug-likeness (QED) is 0.772. The third-order valence-corrected chi connectivity index (χ3v) is 4.04. The Hall–Kier alpha value is -2.21. The summed E-state index contributed by atoms with van der Waals surface area (Å²) in [6, 6.07) is 9.72. The molecule has 3 amide bonds. The first-order chi connectivity index (χ1) is 10.6. The standard InChI is InChI=1S/C16H18N2O4/c19-14-6-7-15(20)18(14)11-16(21)17-8-9-22-13(10-17)12-4-2-1-3-5-12/h1-5,13H,6-11H2. The van der Waals surface area contributed by atoms with E-state index in [2.05, 4.69) is 0 Å². The molecule has 0 aliphatic carbocycles. The molecule has 22 heavy (non-hydrogen) atoms. The molecule has 2 heterocycles. The van der Waals surface area contributed by atoms with Crippen LogP contribution in [0.5, 0.6) is 0 Å². The first-order valence-corrected chi connectivity index (χ1v) is 7.42. The van der Waals surface area contributed by atoms with Crippen LogP contribution >= 0.6 is 0 Å². The number of benzene rings is 1. The predicted molar refractivity (Wildman–Crippen MR) is 77.7 cm³/mol. The maximum atomic E-state index is 12.3. The second-order valence-electron chi connectivity index (χ2n) is 5.48.